The minimum absolute atomic E-state index is 0.00240. The highest BCUT2D eigenvalue weighted by Gasteiger charge is 2.57. The molecule has 0 bridgehead atoms. The molecular weight excluding hydrogens is 646 g/mol. The predicted molar refractivity (Wildman–Crippen MR) is 152 cm³/mol. The Balaban J connectivity index is 1.70. The molecule has 0 radical (unpaired) electrons. The van der Waals surface area contributed by atoms with Gasteiger partial charge in [0.25, 0.3) is 0 Å². The first kappa shape index (κ1) is 34.1. The van der Waals surface area contributed by atoms with Crippen molar-refractivity contribution in [3.8, 4) is 16.9 Å². The van der Waals surface area contributed by atoms with E-state index in [1.165, 1.54) is 19.2 Å². The van der Waals surface area contributed by atoms with Crippen LogP contribution >= 0.6 is 0 Å². The van der Waals surface area contributed by atoms with Gasteiger partial charge in [0.1, 0.15) is 17.1 Å². The monoisotopic (exact) mass is 674 g/mol. The first-order valence-corrected chi connectivity index (χ1v) is 14.4. The Hall–Kier alpha value is -4.23. The maximum atomic E-state index is 14.9. The van der Waals surface area contributed by atoms with E-state index in [-0.39, 0.29) is 52.8 Å². The quantitative estimate of drug-likeness (QED) is 0.209. The number of methoxy groups -OCH3 is 1. The van der Waals surface area contributed by atoms with Gasteiger partial charge >= 0.3 is 24.6 Å². The zero-order valence-electron chi connectivity index (χ0n) is 25.1. The van der Waals surface area contributed by atoms with Crippen molar-refractivity contribution in [3.05, 3.63) is 100 Å². The minimum Gasteiger partial charge on any atom is -0.496 e. The van der Waals surface area contributed by atoms with Crippen molar-refractivity contribution in [2.75, 3.05) is 7.11 Å². The molecule has 0 saturated carbocycles. The summed E-state index contributed by atoms with van der Waals surface area (Å²) in [5.74, 6) is -0.943. The van der Waals surface area contributed by atoms with Crippen LogP contribution in [0.3, 0.4) is 0 Å². The molecule has 2 aliphatic heterocycles. The second-order valence-electron chi connectivity index (χ2n) is 11.8. The number of amides is 2. The van der Waals surface area contributed by atoms with E-state index >= 15 is 0 Å². The maximum absolute atomic E-state index is 14.9. The number of carbonyl (C=O) groups is 1. The molecule has 3 atom stereocenters. The highest BCUT2D eigenvalue weighted by atomic mass is 19.4. The van der Waals surface area contributed by atoms with Gasteiger partial charge in [-0.2, -0.15) is 39.5 Å². The number of hydrogen-bond acceptors (Lipinski definition) is 2. The van der Waals surface area contributed by atoms with Gasteiger partial charge in [0.2, 0.25) is 0 Å². The van der Waals surface area contributed by atoms with E-state index in [1.54, 1.807) is 13.8 Å². The van der Waals surface area contributed by atoms with Gasteiger partial charge in [-0.15, -0.1) is 6.58 Å². The van der Waals surface area contributed by atoms with E-state index < -0.39 is 70.3 Å². The molecule has 4 nitrogen and oxygen atoms in total. The van der Waals surface area contributed by atoms with Gasteiger partial charge in [-0.25, -0.2) is 9.18 Å². The molecule has 14 heteroatoms. The van der Waals surface area contributed by atoms with Gasteiger partial charge in [0.05, 0.1) is 35.9 Å². The minimum atomic E-state index is -5.17. The number of urea groups is 1. The van der Waals surface area contributed by atoms with Crippen molar-refractivity contribution in [1.29, 1.82) is 0 Å². The van der Waals surface area contributed by atoms with E-state index in [0.29, 0.717) is 12.1 Å². The largest absolute Gasteiger partial charge is 0.496 e. The van der Waals surface area contributed by atoms with E-state index in [1.807, 2.05) is 0 Å². The van der Waals surface area contributed by atoms with Gasteiger partial charge < -0.3 is 15.0 Å². The molecule has 0 aromatic heterocycles. The molecule has 2 amide bonds. The van der Waals surface area contributed by atoms with Crippen LogP contribution in [-0.2, 0) is 24.1 Å². The van der Waals surface area contributed by atoms with Crippen LogP contribution in [0.15, 0.2) is 61.2 Å². The Labute approximate surface area is 263 Å². The Bertz CT molecular complexity index is 1700. The number of alkyl halides is 9. The average Bonchev–Trinajstić information content (AvgIpc) is 3.55. The SMILES string of the molecule is C=C[C@]1(c2cc(C(F)(F)F)cc(C(F)(F)F)c2)NC(=O)N2[C@H]1CC[C@H]2c1cc(C(F)(F)F)ccc1-c1cc(C(C)C)c(F)cc1OC. The van der Waals surface area contributed by atoms with Gasteiger partial charge in [0, 0.05) is 11.6 Å². The molecule has 3 aromatic rings. The lowest BCUT2D eigenvalue weighted by Crippen LogP contribution is -2.44. The van der Waals surface area contributed by atoms with Crippen molar-refractivity contribution in [1.82, 2.24) is 10.2 Å². The van der Waals surface area contributed by atoms with E-state index in [9.17, 15) is 48.7 Å². The van der Waals surface area contributed by atoms with Gasteiger partial charge in [-0.05, 0) is 77.4 Å². The Morgan fingerprint density at radius 3 is 1.98 bits per heavy atom. The number of nitrogens with zero attached hydrogens (tertiary/aromatic N) is 1. The lowest BCUT2D eigenvalue weighted by Gasteiger charge is -2.33. The van der Waals surface area contributed by atoms with Gasteiger partial charge in [0.15, 0.2) is 0 Å². The number of halogens is 10. The first-order chi connectivity index (χ1) is 21.7. The second kappa shape index (κ2) is 11.5. The number of ether oxygens (including phenoxy) is 1. The topological polar surface area (TPSA) is 41.6 Å². The van der Waals surface area contributed by atoms with E-state index in [2.05, 4.69) is 11.9 Å². The maximum Gasteiger partial charge on any atom is 0.416 e. The summed E-state index contributed by atoms with van der Waals surface area (Å²) in [6.45, 7) is 7.06. The van der Waals surface area contributed by atoms with Gasteiger partial charge in [-0.1, -0.05) is 26.0 Å². The summed E-state index contributed by atoms with van der Waals surface area (Å²) in [7, 11) is 1.25. The fourth-order valence-corrected chi connectivity index (χ4v) is 6.59. The van der Waals surface area contributed by atoms with Gasteiger partial charge in [-0.3, -0.25) is 0 Å². The molecule has 5 rings (SSSR count). The molecule has 0 unspecified atom stereocenters. The van der Waals surface area contributed by atoms with Crippen LogP contribution in [0.4, 0.5) is 48.7 Å². The molecule has 2 aliphatic rings. The molecule has 2 saturated heterocycles. The highest BCUT2D eigenvalue weighted by Crippen LogP contribution is 2.52. The third-order valence-corrected chi connectivity index (χ3v) is 8.82. The fourth-order valence-electron chi connectivity index (χ4n) is 6.59. The summed E-state index contributed by atoms with van der Waals surface area (Å²) in [5.41, 5.74) is -6.15. The standard InChI is InChI=1S/C33H28F10N2O2/c1-5-30(18-10-19(32(38,39)40)12-20(11-18)33(41,42)43)28-9-8-26(45(28)29(46)44-30)23-13-17(31(35,36)37)6-7-21(23)24-14-22(16(2)3)25(34)15-27(24)47-4/h5-7,10-16,26,28H,1,8-9H2,2-4H3,(H,44,46)/t26-,28-,30+/m0/s1. The molecular formula is C33H28F10N2O2. The Morgan fingerprint density at radius 2 is 1.47 bits per heavy atom. The van der Waals surface area contributed by atoms with Crippen molar-refractivity contribution >= 4 is 6.03 Å². The number of fused-ring (bicyclic) bond motifs is 1. The zero-order chi connectivity index (χ0) is 34.9. The molecule has 47 heavy (non-hydrogen) atoms. The highest BCUT2D eigenvalue weighted by molar-refractivity contribution is 5.83. The summed E-state index contributed by atoms with van der Waals surface area (Å²) >= 11 is 0. The molecule has 0 aliphatic carbocycles. The summed E-state index contributed by atoms with van der Waals surface area (Å²) in [6, 6.07) is 3.15. The molecule has 2 fully saturated rings. The summed E-state index contributed by atoms with van der Waals surface area (Å²) < 4.78 is 145. The van der Waals surface area contributed by atoms with Crippen LogP contribution in [0.2, 0.25) is 0 Å². The van der Waals surface area contributed by atoms with Crippen molar-refractivity contribution in [2.24, 2.45) is 0 Å². The van der Waals surface area contributed by atoms with E-state index in [0.717, 1.165) is 29.2 Å². The molecule has 0 spiro atoms. The molecule has 2 heterocycles. The predicted octanol–water partition coefficient (Wildman–Crippen LogP) is 9.99. The summed E-state index contributed by atoms with van der Waals surface area (Å²) in [4.78, 5) is 14.8. The Morgan fingerprint density at radius 1 is 0.872 bits per heavy atom. The van der Waals surface area contributed by atoms with Crippen LogP contribution in [0.25, 0.3) is 11.1 Å². The summed E-state index contributed by atoms with van der Waals surface area (Å²) in [5, 5.41) is 2.49. The smallest absolute Gasteiger partial charge is 0.416 e. The number of rotatable bonds is 6. The van der Waals surface area contributed by atoms with Crippen molar-refractivity contribution in [3.63, 3.8) is 0 Å². The number of nitrogens with one attached hydrogen (secondary N) is 1. The summed E-state index contributed by atoms with van der Waals surface area (Å²) in [6.07, 6.45) is -14.2. The van der Waals surface area contributed by atoms with E-state index in [4.69, 9.17) is 4.74 Å². The van der Waals surface area contributed by atoms with Crippen LogP contribution < -0.4 is 10.1 Å². The van der Waals surface area contributed by atoms with Crippen LogP contribution in [0.5, 0.6) is 5.75 Å². The lowest BCUT2D eigenvalue weighted by molar-refractivity contribution is -0.143. The van der Waals surface area contributed by atoms with Crippen LogP contribution in [0.1, 0.15) is 72.0 Å². The molecule has 3 aromatic carbocycles. The number of hydrogen-bond donors (Lipinski definition) is 1. The van der Waals surface area contributed by atoms with Crippen molar-refractivity contribution in [2.45, 2.75) is 68.8 Å². The average molecular weight is 675 g/mol. The molecule has 252 valence electrons. The third kappa shape index (κ3) is 5.91. The number of benzene rings is 3. The van der Waals surface area contributed by atoms with Crippen LogP contribution in [-0.4, -0.2) is 24.1 Å². The zero-order valence-corrected chi connectivity index (χ0v) is 25.1. The van der Waals surface area contributed by atoms with Crippen molar-refractivity contribution < 1.29 is 53.4 Å². The fraction of sp³-hybridized carbons (Fsp3) is 0.364. The van der Waals surface area contributed by atoms with Crippen LogP contribution in [0, 0.1) is 5.82 Å². The first-order valence-electron chi connectivity index (χ1n) is 14.4. The second-order valence-corrected chi connectivity index (χ2v) is 11.8. The molecule has 1 N–H and O–H groups in total. The normalized spacial score (nSPS) is 21.7. The lowest BCUT2D eigenvalue weighted by atomic mass is 9.81. The third-order valence-electron chi connectivity index (χ3n) is 8.82. The Kier molecular flexibility index (Phi) is 8.33. The number of carbonyl (C=O) groups excluding carboxylic acids is 1.